The fourth-order valence-electron chi connectivity index (χ4n) is 1.32. The lowest BCUT2D eigenvalue weighted by atomic mass is 10.1. The van der Waals surface area contributed by atoms with Crippen molar-refractivity contribution >= 4 is 5.91 Å². The highest BCUT2D eigenvalue weighted by Crippen LogP contribution is 2.07. The summed E-state index contributed by atoms with van der Waals surface area (Å²) >= 11 is 0. The maximum atomic E-state index is 11.3. The molecule has 0 spiro atoms. The van der Waals surface area contributed by atoms with E-state index in [9.17, 15) is 4.79 Å². The minimum Gasteiger partial charge on any atom is -0.392 e. The number of ether oxygens (including phenoxy) is 1. The average Bonchev–Trinajstić information content (AvgIpc) is 2.34. The third-order valence-corrected chi connectivity index (χ3v) is 2.20. The Hall–Kier alpha value is -1.39. The van der Waals surface area contributed by atoms with E-state index in [1.54, 1.807) is 0 Å². The van der Waals surface area contributed by atoms with Crippen LogP contribution in [0.4, 0.5) is 0 Å². The van der Waals surface area contributed by atoms with E-state index >= 15 is 0 Å². The third kappa shape index (κ3) is 4.00. The molecule has 0 heterocycles. The number of hydrogen-bond acceptors (Lipinski definition) is 3. The molecule has 1 amide bonds. The van der Waals surface area contributed by atoms with Gasteiger partial charge < -0.3 is 15.2 Å². The first-order chi connectivity index (χ1) is 7.77. The van der Waals surface area contributed by atoms with Crippen molar-refractivity contribution in [3.8, 4) is 0 Å². The average molecular weight is 223 g/mol. The molecule has 0 saturated heterocycles. The minimum absolute atomic E-state index is 0.0164. The molecule has 2 N–H and O–H groups in total. The van der Waals surface area contributed by atoms with Gasteiger partial charge in [-0.2, -0.15) is 0 Å². The van der Waals surface area contributed by atoms with E-state index < -0.39 is 0 Å². The Bertz CT molecular complexity index is 339. The van der Waals surface area contributed by atoms with Gasteiger partial charge in [-0.1, -0.05) is 24.3 Å². The molecular weight excluding hydrogens is 206 g/mol. The number of carbonyl (C=O) groups is 1. The van der Waals surface area contributed by atoms with Crippen molar-refractivity contribution in [3.63, 3.8) is 0 Å². The molecule has 4 heteroatoms. The lowest BCUT2D eigenvalue weighted by Crippen LogP contribution is -2.27. The standard InChI is InChI=1S/C12H17NO3/c1-2-16-9-12(15)13-7-10-5-3-4-6-11(10)8-14/h3-6,14H,2,7-9H2,1H3,(H,13,15). The van der Waals surface area contributed by atoms with Crippen LogP contribution in [0.1, 0.15) is 18.1 Å². The van der Waals surface area contributed by atoms with Crippen LogP contribution in [-0.4, -0.2) is 24.2 Å². The number of aliphatic hydroxyl groups is 1. The Kier molecular flexibility index (Phi) is 5.53. The molecule has 0 radical (unpaired) electrons. The smallest absolute Gasteiger partial charge is 0.246 e. The van der Waals surface area contributed by atoms with Crippen LogP contribution in [0.3, 0.4) is 0 Å². The molecule has 0 saturated carbocycles. The predicted molar refractivity (Wildman–Crippen MR) is 60.7 cm³/mol. The quantitative estimate of drug-likeness (QED) is 0.751. The highest BCUT2D eigenvalue weighted by atomic mass is 16.5. The second-order valence-electron chi connectivity index (χ2n) is 3.34. The summed E-state index contributed by atoms with van der Waals surface area (Å²) in [7, 11) is 0. The number of aliphatic hydroxyl groups excluding tert-OH is 1. The van der Waals surface area contributed by atoms with Gasteiger partial charge in [-0.05, 0) is 18.1 Å². The molecule has 4 nitrogen and oxygen atoms in total. The van der Waals surface area contributed by atoms with Crippen molar-refractivity contribution < 1.29 is 14.6 Å². The Balaban J connectivity index is 2.44. The lowest BCUT2D eigenvalue weighted by Gasteiger charge is -2.08. The second kappa shape index (κ2) is 6.98. The Morgan fingerprint density at radius 1 is 1.38 bits per heavy atom. The van der Waals surface area contributed by atoms with Crippen LogP contribution in [0.5, 0.6) is 0 Å². The Morgan fingerprint density at radius 3 is 2.69 bits per heavy atom. The lowest BCUT2D eigenvalue weighted by molar-refractivity contribution is -0.125. The van der Waals surface area contributed by atoms with Crippen molar-refractivity contribution in [1.82, 2.24) is 5.32 Å². The topological polar surface area (TPSA) is 58.6 Å². The van der Waals surface area contributed by atoms with Gasteiger partial charge in [0.15, 0.2) is 0 Å². The van der Waals surface area contributed by atoms with Crippen LogP contribution in [0.25, 0.3) is 0 Å². The highest BCUT2D eigenvalue weighted by Gasteiger charge is 2.03. The number of nitrogens with one attached hydrogen (secondary N) is 1. The van der Waals surface area contributed by atoms with Gasteiger partial charge >= 0.3 is 0 Å². The van der Waals surface area contributed by atoms with Gasteiger partial charge in [0.1, 0.15) is 6.61 Å². The number of amides is 1. The molecular formula is C12H17NO3. The van der Waals surface area contributed by atoms with Crippen molar-refractivity contribution in [2.45, 2.75) is 20.1 Å². The summed E-state index contributed by atoms with van der Waals surface area (Å²) in [5, 5.41) is 11.8. The van der Waals surface area contributed by atoms with Crippen molar-refractivity contribution in [3.05, 3.63) is 35.4 Å². The van der Waals surface area contributed by atoms with Crippen LogP contribution in [0.15, 0.2) is 24.3 Å². The molecule has 0 unspecified atom stereocenters. The maximum absolute atomic E-state index is 11.3. The molecule has 1 aromatic rings. The Morgan fingerprint density at radius 2 is 2.06 bits per heavy atom. The first kappa shape index (κ1) is 12.7. The number of hydrogen-bond donors (Lipinski definition) is 2. The number of carbonyl (C=O) groups excluding carboxylic acids is 1. The first-order valence-corrected chi connectivity index (χ1v) is 5.30. The molecule has 0 aliphatic rings. The third-order valence-electron chi connectivity index (χ3n) is 2.20. The van der Waals surface area contributed by atoms with Crippen LogP contribution < -0.4 is 5.32 Å². The fourth-order valence-corrected chi connectivity index (χ4v) is 1.32. The zero-order valence-corrected chi connectivity index (χ0v) is 9.40. The van der Waals surface area contributed by atoms with Crippen molar-refractivity contribution in [1.29, 1.82) is 0 Å². The zero-order chi connectivity index (χ0) is 11.8. The monoisotopic (exact) mass is 223 g/mol. The summed E-state index contributed by atoms with van der Waals surface area (Å²) in [6.45, 7) is 2.85. The minimum atomic E-state index is -0.144. The molecule has 0 fully saturated rings. The normalized spacial score (nSPS) is 10.1. The van der Waals surface area contributed by atoms with Crippen molar-refractivity contribution in [2.75, 3.05) is 13.2 Å². The molecule has 0 atom stereocenters. The molecule has 88 valence electrons. The van der Waals surface area contributed by atoms with Crippen LogP contribution >= 0.6 is 0 Å². The second-order valence-corrected chi connectivity index (χ2v) is 3.34. The number of benzene rings is 1. The first-order valence-electron chi connectivity index (χ1n) is 5.30. The fraction of sp³-hybridized carbons (Fsp3) is 0.417. The van der Waals surface area contributed by atoms with E-state index in [4.69, 9.17) is 9.84 Å². The predicted octanol–water partition coefficient (Wildman–Crippen LogP) is 0.832. The molecule has 0 aliphatic carbocycles. The summed E-state index contributed by atoms with van der Waals surface area (Å²) in [5.41, 5.74) is 1.76. The van der Waals surface area contributed by atoms with Gasteiger partial charge in [-0.15, -0.1) is 0 Å². The highest BCUT2D eigenvalue weighted by molar-refractivity contribution is 5.77. The van der Waals surface area contributed by atoms with Crippen LogP contribution in [-0.2, 0) is 22.7 Å². The van der Waals surface area contributed by atoms with E-state index in [1.165, 1.54) is 0 Å². The largest absolute Gasteiger partial charge is 0.392 e. The van der Waals surface area contributed by atoms with Gasteiger partial charge in [-0.25, -0.2) is 0 Å². The maximum Gasteiger partial charge on any atom is 0.246 e. The molecule has 0 aliphatic heterocycles. The van der Waals surface area contributed by atoms with Crippen LogP contribution in [0, 0.1) is 0 Å². The summed E-state index contributed by atoms with van der Waals surface area (Å²) < 4.78 is 4.98. The van der Waals surface area contributed by atoms with Crippen LogP contribution in [0.2, 0.25) is 0 Å². The summed E-state index contributed by atoms with van der Waals surface area (Å²) in [5.74, 6) is -0.144. The molecule has 1 aromatic carbocycles. The Labute approximate surface area is 95.2 Å². The summed E-state index contributed by atoms with van der Waals surface area (Å²) in [4.78, 5) is 11.3. The van der Waals surface area contributed by atoms with E-state index in [0.29, 0.717) is 13.2 Å². The molecule has 1 rings (SSSR count). The van der Waals surface area contributed by atoms with Gasteiger partial charge in [0.2, 0.25) is 5.91 Å². The van der Waals surface area contributed by atoms with Gasteiger partial charge in [-0.3, -0.25) is 4.79 Å². The molecule has 0 bridgehead atoms. The summed E-state index contributed by atoms with van der Waals surface area (Å²) in [6.07, 6.45) is 0. The SMILES string of the molecule is CCOCC(=O)NCc1ccccc1CO. The molecule has 0 aromatic heterocycles. The van der Waals surface area contributed by atoms with Gasteiger partial charge in [0, 0.05) is 13.2 Å². The summed E-state index contributed by atoms with van der Waals surface area (Å²) in [6, 6.07) is 7.46. The van der Waals surface area contributed by atoms with E-state index in [1.807, 2.05) is 31.2 Å². The van der Waals surface area contributed by atoms with E-state index in [-0.39, 0.29) is 19.1 Å². The van der Waals surface area contributed by atoms with E-state index in [2.05, 4.69) is 5.32 Å². The van der Waals surface area contributed by atoms with E-state index in [0.717, 1.165) is 11.1 Å². The van der Waals surface area contributed by atoms with Gasteiger partial charge in [0.05, 0.1) is 6.61 Å². The van der Waals surface area contributed by atoms with Crippen molar-refractivity contribution in [2.24, 2.45) is 0 Å². The molecule has 16 heavy (non-hydrogen) atoms. The zero-order valence-electron chi connectivity index (χ0n) is 9.40. The van der Waals surface area contributed by atoms with Gasteiger partial charge in [0.25, 0.3) is 0 Å². The number of rotatable bonds is 6.